The van der Waals surface area contributed by atoms with Crippen molar-refractivity contribution >= 4 is 5.91 Å². The third-order valence-electron chi connectivity index (χ3n) is 3.51. The minimum absolute atomic E-state index is 0.325. The Balaban J connectivity index is 1.73. The lowest BCUT2D eigenvalue weighted by Crippen LogP contribution is -2.20. The fraction of sp³-hybridized carbons (Fsp3) is 0.889. The largest absolute Gasteiger partial charge is 0.355 e. The summed E-state index contributed by atoms with van der Waals surface area (Å²) in [5.41, 5.74) is 0.457. The summed E-state index contributed by atoms with van der Waals surface area (Å²) in [6, 6.07) is 0. The molecule has 11 heavy (non-hydrogen) atoms. The fourth-order valence-electron chi connectivity index (χ4n) is 2.49. The van der Waals surface area contributed by atoms with Gasteiger partial charge in [-0.15, -0.1) is 0 Å². The summed E-state index contributed by atoms with van der Waals surface area (Å²) >= 11 is 0. The molecule has 2 unspecified atom stereocenters. The third kappa shape index (κ3) is 0.754. The molecule has 0 bridgehead atoms. The van der Waals surface area contributed by atoms with Crippen molar-refractivity contribution in [3.05, 3.63) is 0 Å². The first-order chi connectivity index (χ1) is 5.30. The Kier molecular flexibility index (Phi) is 0.890. The molecule has 0 aromatic rings. The Hall–Kier alpha value is -0.530. The molecule has 1 aliphatic heterocycles. The first-order valence-electron chi connectivity index (χ1n) is 4.58. The summed E-state index contributed by atoms with van der Waals surface area (Å²) in [7, 11) is 0. The number of carbonyl (C=O) groups is 1. The van der Waals surface area contributed by atoms with Crippen molar-refractivity contribution in [1.29, 1.82) is 0 Å². The number of piperidine rings is 1. The van der Waals surface area contributed by atoms with Crippen molar-refractivity contribution in [2.75, 3.05) is 6.54 Å². The number of hydrogen-bond donors (Lipinski definition) is 1. The summed E-state index contributed by atoms with van der Waals surface area (Å²) < 4.78 is 0. The molecule has 1 N–H and O–H groups in total. The molecule has 60 valence electrons. The maximum absolute atomic E-state index is 11.1. The highest BCUT2D eigenvalue weighted by atomic mass is 16.2. The van der Waals surface area contributed by atoms with Crippen molar-refractivity contribution in [3.63, 3.8) is 0 Å². The highest BCUT2D eigenvalue weighted by Crippen LogP contribution is 2.61. The number of fused-ring (bicyclic) bond motifs is 1. The highest BCUT2D eigenvalue weighted by Gasteiger charge is 2.63. The van der Waals surface area contributed by atoms with Crippen LogP contribution in [0.1, 0.15) is 25.7 Å². The van der Waals surface area contributed by atoms with Crippen LogP contribution >= 0.6 is 0 Å². The van der Waals surface area contributed by atoms with E-state index in [1.54, 1.807) is 0 Å². The maximum atomic E-state index is 11.1. The van der Waals surface area contributed by atoms with E-state index in [2.05, 4.69) is 5.32 Å². The van der Waals surface area contributed by atoms with Crippen molar-refractivity contribution in [2.45, 2.75) is 25.7 Å². The van der Waals surface area contributed by atoms with Gasteiger partial charge in [-0.3, -0.25) is 4.79 Å². The van der Waals surface area contributed by atoms with Crippen molar-refractivity contribution in [1.82, 2.24) is 5.32 Å². The van der Waals surface area contributed by atoms with Gasteiger partial charge in [0.1, 0.15) is 0 Å². The Morgan fingerprint density at radius 3 is 2.82 bits per heavy atom. The van der Waals surface area contributed by atoms with Crippen LogP contribution in [-0.2, 0) is 4.79 Å². The van der Waals surface area contributed by atoms with E-state index in [0.29, 0.717) is 17.2 Å². The first kappa shape index (κ1) is 6.04. The Morgan fingerprint density at radius 1 is 1.55 bits per heavy atom. The normalized spacial score (nSPS) is 46.9. The molecule has 1 heterocycles. The van der Waals surface area contributed by atoms with Crippen LogP contribution < -0.4 is 5.32 Å². The molecular weight excluding hydrogens is 138 g/mol. The van der Waals surface area contributed by atoms with Gasteiger partial charge in [0.2, 0.25) is 5.91 Å². The zero-order valence-electron chi connectivity index (χ0n) is 6.60. The molecule has 2 atom stereocenters. The minimum Gasteiger partial charge on any atom is -0.355 e. The molecule has 2 aliphatic carbocycles. The summed E-state index contributed by atoms with van der Waals surface area (Å²) in [6.07, 6.45) is 5.36. The van der Waals surface area contributed by atoms with Gasteiger partial charge in [-0.05, 0) is 18.8 Å². The lowest BCUT2D eigenvalue weighted by molar-refractivity contribution is -0.120. The summed E-state index contributed by atoms with van der Waals surface area (Å²) in [6.45, 7) is 0.979. The maximum Gasteiger partial charge on any atom is 0.223 e. The van der Waals surface area contributed by atoms with Gasteiger partial charge in [-0.1, -0.05) is 12.8 Å². The molecule has 3 rings (SSSR count). The van der Waals surface area contributed by atoms with Gasteiger partial charge in [0.25, 0.3) is 0 Å². The van der Waals surface area contributed by atoms with Crippen molar-refractivity contribution in [3.8, 4) is 0 Å². The predicted molar refractivity (Wildman–Crippen MR) is 40.9 cm³/mol. The zero-order valence-corrected chi connectivity index (χ0v) is 6.60. The van der Waals surface area contributed by atoms with E-state index < -0.39 is 0 Å². The molecule has 0 spiro atoms. The van der Waals surface area contributed by atoms with E-state index in [4.69, 9.17) is 0 Å². The first-order valence-corrected chi connectivity index (χ1v) is 4.58. The molecule has 0 aromatic heterocycles. The second-order valence-electron chi connectivity index (χ2n) is 4.48. The molecule has 1 amide bonds. The van der Waals surface area contributed by atoms with Crippen LogP contribution in [0.2, 0.25) is 0 Å². The SMILES string of the molecule is O=C1NCC2(CC3CC3)CC12. The van der Waals surface area contributed by atoms with Crippen LogP contribution in [0.25, 0.3) is 0 Å². The van der Waals surface area contributed by atoms with Crippen LogP contribution in [0.3, 0.4) is 0 Å². The van der Waals surface area contributed by atoms with Gasteiger partial charge in [0.15, 0.2) is 0 Å². The summed E-state index contributed by atoms with van der Waals surface area (Å²) in [4.78, 5) is 11.1. The van der Waals surface area contributed by atoms with Crippen LogP contribution in [0.15, 0.2) is 0 Å². The quantitative estimate of drug-likeness (QED) is 0.624. The van der Waals surface area contributed by atoms with Crippen LogP contribution in [0.5, 0.6) is 0 Å². The van der Waals surface area contributed by atoms with E-state index in [-0.39, 0.29) is 0 Å². The molecule has 2 nitrogen and oxygen atoms in total. The molecule has 2 heteroatoms. The van der Waals surface area contributed by atoms with E-state index in [9.17, 15) is 4.79 Å². The smallest absolute Gasteiger partial charge is 0.223 e. The van der Waals surface area contributed by atoms with Gasteiger partial charge < -0.3 is 5.32 Å². The second kappa shape index (κ2) is 1.62. The fourth-order valence-corrected chi connectivity index (χ4v) is 2.49. The number of hydrogen-bond acceptors (Lipinski definition) is 1. The van der Waals surface area contributed by atoms with Crippen LogP contribution in [0.4, 0.5) is 0 Å². The van der Waals surface area contributed by atoms with Gasteiger partial charge in [-0.2, -0.15) is 0 Å². The van der Waals surface area contributed by atoms with Gasteiger partial charge in [0.05, 0.1) is 0 Å². The van der Waals surface area contributed by atoms with Gasteiger partial charge >= 0.3 is 0 Å². The number of amides is 1. The topological polar surface area (TPSA) is 29.1 Å². The van der Waals surface area contributed by atoms with Crippen molar-refractivity contribution < 1.29 is 4.79 Å². The molecule has 0 radical (unpaired) electrons. The highest BCUT2D eigenvalue weighted by molar-refractivity contribution is 5.85. The third-order valence-corrected chi connectivity index (χ3v) is 3.51. The predicted octanol–water partition coefficient (Wildman–Crippen LogP) is 0.923. The lowest BCUT2D eigenvalue weighted by Gasteiger charge is -2.08. The Bertz CT molecular complexity index is 222. The molecule has 2 saturated carbocycles. The lowest BCUT2D eigenvalue weighted by atomic mass is 9.98. The van der Waals surface area contributed by atoms with E-state index in [1.807, 2.05) is 0 Å². The summed E-state index contributed by atoms with van der Waals surface area (Å²) in [5.74, 6) is 1.72. The molecule has 3 aliphatic rings. The average Bonchev–Trinajstić information content (AvgIpc) is 2.85. The number of nitrogens with one attached hydrogen (secondary N) is 1. The van der Waals surface area contributed by atoms with E-state index in [0.717, 1.165) is 12.5 Å². The Labute approximate surface area is 66.4 Å². The van der Waals surface area contributed by atoms with Gasteiger partial charge in [0, 0.05) is 17.9 Å². The van der Waals surface area contributed by atoms with E-state index >= 15 is 0 Å². The molecule has 1 saturated heterocycles. The summed E-state index contributed by atoms with van der Waals surface area (Å²) in [5, 5.41) is 2.95. The molecular formula is C9H13NO. The number of rotatable bonds is 2. The Morgan fingerprint density at radius 2 is 2.36 bits per heavy atom. The molecule has 0 aromatic carbocycles. The van der Waals surface area contributed by atoms with Crippen LogP contribution in [0, 0.1) is 17.3 Å². The van der Waals surface area contributed by atoms with Gasteiger partial charge in [-0.25, -0.2) is 0 Å². The molecule has 3 fully saturated rings. The number of carbonyl (C=O) groups excluding carboxylic acids is 1. The zero-order chi connectivity index (χ0) is 7.47. The van der Waals surface area contributed by atoms with E-state index in [1.165, 1.54) is 25.7 Å². The standard InChI is InChI=1S/C9H13NO/c11-8-7-4-9(7,5-10-8)3-6-1-2-6/h6-7H,1-5H2,(H,10,11). The second-order valence-corrected chi connectivity index (χ2v) is 4.48. The average molecular weight is 151 g/mol. The van der Waals surface area contributed by atoms with Crippen LogP contribution in [-0.4, -0.2) is 12.5 Å². The monoisotopic (exact) mass is 151 g/mol. The van der Waals surface area contributed by atoms with Crippen molar-refractivity contribution in [2.24, 2.45) is 17.3 Å². The minimum atomic E-state index is 0.325.